The van der Waals surface area contributed by atoms with Crippen molar-refractivity contribution in [2.75, 3.05) is 18.5 Å². The molecule has 15 heavy (non-hydrogen) atoms. The summed E-state index contributed by atoms with van der Waals surface area (Å²) < 4.78 is 5.43. The normalized spacial score (nSPS) is 9.33. The van der Waals surface area contributed by atoms with Gasteiger partial charge in [0, 0.05) is 19.2 Å². The molecular weight excluding hydrogens is 188 g/mol. The second-order valence-corrected chi connectivity index (χ2v) is 3.02. The molecule has 0 atom stereocenters. The van der Waals surface area contributed by atoms with Gasteiger partial charge in [0.25, 0.3) is 0 Å². The molecule has 1 aromatic heterocycles. The van der Waals surface area contributed by atoms with Crippen molar-refractivity contribution in [1.29, 1.82) is 0 Å². The molecule has 1 N–H and O–H groups in total. The van der Waals surface area contributed by atoms with Crippen LogP contribution in [-0.4, -0.2) is 18.1 Å². The van der Waals surface area contributed by atoms with Gasteiger partial charge in [-0.15, -0.1) is 12.3 Å². The molecule has 0 aliphatic heterocycles. The smallest absolute Gasteiger partial charge is 0.168 e. The minimum absolute atomic E-state index is 0.644. The quantitative estimate of drug-likeness (QED) is 0.570. The van der Waals surface area contributed by atoms with Gasteiger partial charge in [-0.1, -0.05) is 0 Å². The van der Waals surface area contributed by atoms with Crippen LogP contribution in [0.25, 0.3) is 0 Å². The SMILES string of the molecule is C#CCCCNc1ncccc1OCC. The van der Waals surface area contributed by atoms with Gasteiger partial charge in [-0.05, 0) is 25.5 Å². The summed E-state index contributed by atoms with van der Waals surface area (Å²) in [4.78, 5) is 4.21. The third-order valence-corrected chi connectivity index (χ3v) is 1.86. The largest absolute Gasteiger partial charge is 0.490 e. The van der Waals surface area contributed by atoms with Gasteiger partial charge in [0.2, 0.25) is 0 Å². The van der Waals surface area contributed by atoms with Crippen molar-refractivity contribution in [2.24, 2.45) is 0 Å². The lowest BCUT2D eigenvalue weighted by atomic mass is 10.3. The number of nitrogens with zero attached hydrogens (tertiary/aromatic N) is 1. The summed E-state index contributed by atoms with van der Waals surface area (Å²) in [7, 11) is 0. The number of unbranched alkanes of at least 4 members (excludes halogenated alkanes) is 1. The van der Waals surface area contributed by atoms with Crippen LogP contribution in [-0.2, 0) is 0 Å². The Hall–Kier alpha value is -1.69. The number of terminal acetylenes is 1. The summed E-state index contributed by atoms with van der Waals surface area (Å²) in [6.07, 6.45) is 8.63. The molecule has 3 nitrogen and oxygen atoms in total. The minimum Gasteiger partial charge on any atom is -0.490 e. The number of pyridine rings is 1. The molecule has 0 saturated heterocycles. The lowest BCUT2D eigenvalue weighted by Gasteiger charge is -2.09. The van der Waals surface area contributed by atoms with Crippen molar-refractivity contribution >= 4 is 5.82 Å². The van der Waals surface area contributed by atoms with Gasteiger partial charge in [0.15, 0.2) is 11.6 Å². The molecule has 3 heteroatoms. The Kier molecular flexibility index (Phi) is 5.10. The maximum atomic E-state index is 5.43. The van der Waals surface area contributed by atoms with Crippen molar-refractivity contribution in [3.05, 3.63) is 18.3 Å². The van der Waals surface area contributed by atoms with E-state index < -0.39 is 0 Å². The molecule has 1 rings (SSSR count). The monoisotopic (exact) mass is 204 g/mol. The molecule has 0 amide bonds. The fourth-order valence-corrected chi connectivity index (χ4v) is 1.19. The van der Waals surface area contributed by atoms with Gasteiger partial charge in [-0.3, -0.25) is 0 Å². The third kappa shape index (κ3) is 3.90. The standard InChI is InChI=1S/C12H16N2O/c1-3-5-6-9-13-12-11(15-4-2)8-7-10-14-12/h1,7-8,10H,4-6,9H2,2H3,(H,13,14). The number of ether oxygens (including phenoxy) is 1. The van der Waals surface area contributed by atoms with Crippen LogP contribution in [0.2, 0.25) is 0 Å². The van der Waals surface area contributed by atoms with Gasteiger partial charge >= 0.3 is 0 Å². The molecule has 1 aromatic rings. The van der Waals surface area contributed by atoms with E-state index in [0.717, 1.165) is 31.0 Å². The summed E-state index contributed by atoms with van der Waals surface area (Å²) in [5.74, 6) is 4.18. The van der Waals surface area contributed by atoms with Crippen LogP contribution in [0, 0.1) is 12.3 Å². The first-order chi connectivity index (χ1) is 7.38. The molecule has 0 aliphatic carbocycles. The molecule has 0 unspecified atom stereocenters. The maximum absolute atomic E-state index is 5.43. The van der Waals surface area contributed by atoms with Gasteiger partial charge in [-0.25, -0.2) is 4.98 Å². The molecule has 0 saturated carbocycles. The van der Waals surface area contributed by atoms with Crippen LogP contribution in [0.3, 0.4) is 0 Å². The van der Waals surface area contributed by atoms with Crippen LogP contribution in [0.1, 0.15) is 19.8 Å². The van der Waals surface area contributed by atoms with Crippen LogP contribution in [0.15, 0.2) is 18.3 Å². The zero-order valence-electron chi connectivity index (χ0n) is 8.99. The van der Waals surface area contributed by atoms with E-state index in [4.69, 9.17) is 11.2 Å². The molecule has 80 valence electrons. The number of hydrogen-bond donors (Lipinski definition) is 1. The predicted molar refractivity (Wildman–Crippen MR) is 62.0 cm³/mol. The highest BCUT2D eigenvalue weighted by Gasteiger charge is 2.01. The van der Waals surface area contributed by atoms with Crippen molar-refractivity contribution in [2.45, 2.75) is 19.8 Å². The van der Waals surface area contributed by atoms with Crippen molar-refractivity contribution in [3.8, 4) is 18.1 Å². The van der Waals surface area contributed by atoms with Gasteiger partial charge in [0.1, 0.15) is 0 Å². The van der Waals surface area contributed by atoms with Gasteiger partial charge < -0.3 is 10.1 Å². The molecule has 0 bridgehead atoms. The minimum atomic E-state index is 0.644. The van der Waals surface area contributed by atoms with E-state index in [0.29, 0.717) is 6.61 Å². The molecule has 0 aliphatic rings. The summed E-state index contributed by atoms with van der Waals surface area (Å²) >= 11 is 0. The highest BCUT2D eigenvalue weighted by Crippen LogP contribution is 2.20. The third-order valence-electron chi connectivity index (χ3n) is 1.86. The highest BCUT2D eigenvalue weighted by atomic mass is 16.5. The predicted octanol–water partition coefficient (Wildman–Crippen LogP) is 2.31. The maximum Gasteiger partial charge on any atom is 0.168 e. The molecule has 0 spiro atoms. The molecule has 0 radical (unpaired) electrons. The first kappa shape index (κ1) is 11.4. The van der Waals surface area contributed by atoms with E-state index in [-0.39, 0.29) is 0 Å². The van der Waals surface area contributed by atoms with E-state index in [1.165, 1.54) is 0 Å². The summed E-state index contributed by atoms with van der Waals surface area (Å²) in [5.41, 5.74) is 0. The fraction of sp³-hybridized carbons (Fsp3) is 0.417. The van der Waals surface area contributed by atoms with E-state index >= 15 is 0 Å². The summed E-state index contributed by atoms with van der Waals surface area (Å²) in [5, 5.41) is 3.20. The molecule has 0 aromatic carbocycles. The van der Waals surface area contributed by atoms with E-state index in [1.54, 1.807) is 6.20 Å². The Morgan fingerprint density at radius 2 is 2.47 bits per heavy atom. The Labute approximate surface area is 90.9 Å². The lowest BCUT2D eigenvalue weighted by Crippen LogP contribution is -2.05. The summed E-state index contributed by atoms with van der Waals surface area (Å²) in [6, 6.07) is 3.76. The fourth-order valence-electron chi connectivity index (χ4n) is 1.19. The summed E-state index contributed by atoms with van der Waals surface area (Å²) in [6.45, 7) is 3.42. The second-order valence-electron chi connectivity index (χ2n) is 3.02. The van der Waals surface area contributed by atoms with Gasteiger partial charge in [0.05, 0.1) is 6.61 Å². The van der Waals surface area contributed by atoms with Crippen LogP contribution in [0.5, 0.6) is 5.75 Å². The van der Waals surface area contributed by atoms with Crippen molar-refractivity contribution < 1.29 is 4.74 Å². The Morgan fingerprint density at radius 1 is 1.60 bits per heavy atom. The number of rotatable bonds is 6. The van der Waals surface area contributed by atoms with Crippen molar-refractivity contribution in [1.82, 2.24) is 4.98 Å². The van der Waals surface area contributed by atoms with Crippen molar-refractivity contribution in [3.63, 3.8) is 0 Å². The number of hydrogen-bond acceptors (Lipinski definition) is 3. The zero-order chi connectivity index (χ0) is 10.9. The number of nitrogens with one attached hydrogen (secondary N) is 1. The van der Waals surface area contributed by atoms with Gasteiger partial charge in [-0.2, -0.15) is 0 Å². The Balaban J connectivity index is 2.48. The first-order valence-electron chi connectivity index (χ1n) is 5.13. The van der Waals surface area contributed by atoms with E-state index in [1.807, 2.05) is 19.1 Å². The average molecular weight is 204 g/mol. The average Bonchev–Trinajstić information content (AvgIpc) is 2.27. The second kappa shape index (κ2) is 6.72. The number of anilines is 1. The lowest BCUT2D eigenvalue weighted by molar-refractivity contribution is 0.340. The first-order valence-corrected chi connectivity index (χ1v) is 5.13. The Morgan fingerprint density at radius 3 is 3.20 bits per heavy atom. The van der Waals surface area contributed by atoms with E-state index in [9.17, 15) is 0 Å². The highest BCUT2D eigenvalue weighted by molar-refractivity contribution is 5.49. The Bertz CT molecular complexity index is 331. The van der Waals surface area contributed by atoms with Crippen LogP contribution in [0.4, 0.5) is 5.82 Å². The molecular formula is C12H16N2O. The molecule has 1 heterocycles. The zero-order valence-corrected chi connectivity index (χ0v) is 8.99. The molecule has 0 fully saturated rings. The number of aromatic nitrogens is 1. The van der Waals surface area contributed by atoms with Crippen LogP contribution < -0.4 is 10.1 Å². The van der Waals surface area contributed by atoms with Crippen LogP contribution >= 0.6 is 0 Å². The topological polar surface area (TPSA) is 34.2 Å². The van der Waals surface area contributed by atoms with E-state index in [2.05, 4.69) is 16.2 Å².